The van der Waals surface area contributed by atoms with Gasteiger partial charge in [-0.15, -0.1) is 11.3 Å². The number of rotatable bonds is 2. The fourth-order valence-electron chi connectivity index (χ4n) is 2.29. The maximum atomic E-state index is 5.14. The zero-order valence-electron chi connectivity index (χ0n) is 12.3. The van der Waals surface area contributed by atoms with Gasteiger partial charge in [0.15, 0.2) is 0 Å². The van der Waals surface area contributed by atoms with Crippen LogP contribution in [-0.4, -0.2) is 7.11 Å². The van der Waals surface area contributed by atoms with E-state index in [0.29, 0.717) is 6.04 Å². The van der Waals surface area contributed by atoms with Crippen molar-refractivity contribution in [3.05, 3.63) is 21.4 Å². The topological polar surface area (TPSA) is 21.3 Å². The first-order valence-corrected chi connectivity index (χ1v) is 7.75. The molecule has 1 aliphatic rings. The average molecular weight is 277 g/mol. The molecule has 0 saturated heterocycles. The van der Waals surface area contributed by atoms with E-state index in [4.69, 9.17) is 4.84 Å². The molecule has 0 fully saturated rings. The number of fused-ring (bicyclic) bond motifs is 1. The third kappa shape index (κ3) is 4.07. The molecule has 0 bridgehead atoms. The summed E-state index contributed by atoms with van der Waals surface area (Å²) in [4.78, 5) is 7.74. The number of hydrogen-bond acceptors (Lipinski definition) is 3. The molecule has 0 radical (unpaired) electrons. The Morgan fingerprint density at radius 1 is 1.37 bits per heavy atom. The predicted molar refractivity (Wildman–Crippen MR) is 81.1 cm³/mol. The van der Waals surface area contributed by atoms with Crippen LogP contribution in [0.1, 0.15) is 61.4 Å². The van der Waals surface area contributed by atoms with Gasteiger partial charge in [-0.3, -0.25) is 0 Å². The average Bonchev–Trinajstić information content (AvgIpc) is 2.65. The number of hydroxylamine groups is 1. The summed E-state index contributed by atoms with van der Waals surface area (Å²) in [5.41, 5.74) is 4.64. The molecular formula is C16H23NOS. The van der Waals surface area contributed by atoms with E-state index >= 15 is 0 Å². The molecule has 2 nitrogen and oxygen atoms in total. The summed E-state index contributed by atoms with van der Waals surface area (Å²) in [5.74, 6) is 6.64. The highest BCUT2D eigenvalue weighted by Crippen LogP contribution is 2.35. The predicted octanol–water partition coefficient (Wildman–Crippen LogP) is 4.06. The van der Waals surface area contributed by atoms with E-state index < -0.39 is 0 Å². The number of hydrogen-bond donors (Lipinski definition) is 1. The van der Waals surface area contributed by atoms with Crippen molar-refractivity contribution in [2.24, 2.45) is 5.41 Å². The van der Waals surface area contributed by atoms with Gasteiger partial charge in [0.05, 0.1) is 18.0 Å². The zero-order valence-corrected chi connectivity index (χ0v) is 13.1. The lowest BCUT2D eigenvalue weighted by atomic mass is 9.98. The Kier molecular flexibility index (Phi) is 4.67. The van der Waals surface area contributed by atoms with E-state index in [2.05, 4.69) is 44.2 Å². The van der Waals surface area contributed by atoms with Crippen molar-refractivity contribution in [2.75, 3.05) is 7.11 Å². The van der Waals surface area contributed by atoms with Crippen molar-refractivity contribution in [2.45, 2.75) is 52.5 Å². The highest BCUT2D eigenvalue weighted by atomic mass is 32.1. The van der Waals surface area contributed by atoms with Gasteiger partial charge in [0.1, 0.15) is 0 Å². The summed E-state index contributed by atoms with van der Waals surface area (Å²) in [6, 6.07) is 2.60. The van der Waals surface area contributed by atoms with E-state index in [1.807, 2.05) is 11.3 Å². The van der Waals surface area contributed by atoms with Crippen molar-refractivity contribution in [1.82, 2.24) is 5.48 Å². The van der Waals surface area contributed by atoms with E-state index in [1.165, 1.54) is 34.6 Å². The number of thiophene rings is 1. The fraction of sp³-hybridized carbons (Fsp3) is 0.625. The van der Waals surface area contributed by atoms with Crippen LogP contribution in [0.25, 0.3) is 0 Å². The van der Waals surface area contributed by atoms with Gasteiger partial charge in [-0.2, -0.15) is 5.48 Å². The fourth-order valence-corrected chi connectivity index (χ4v) is 3.43. The molecule has 1 atom stereocenters. The highest BCUT2D eigenvalue weighted by molar-refractivity contribution is 7.12. The molecular weight excluding hydrogens is 254 g/mol. The van der Waals surface area contributed by atoms with Crippen LogP contribution >= 0.6 is 11.3 Å². The Balaban J connectivity index is 2.26. The molecule has 1 aromatic rings. The van der Waals surface area contributed by atoms with Crippen LogP contribution < -0.4 is 5.48 Å². The lowest BCUT2D eigenvalue weighted by Crippen LogP contribution is -2.18. The third-order valence-electron chi connectivity index (χ3n) is 3.17. The van der Waals surface area contributed by atoms with Gasteiger partial charge in [-0.25, -0.2) is 0 Å². The monoisotopic (exact) mass is 277 g/mol. The molecule has 0 saturated carbocycles. The van der Waals surface area contributed by atoms with Crippen LogP contribution in [0.2, 0.25) is 0 Å². The van der Waals surface area contributed by atoms with Crippen LogP contribution in [-0.2, 0) is 11.3 Å². The second-order valence-electron chi connectivity index (χ2n) is 6.12. The molecule has 1 aromatic heterocycles. The van der Waals surface area contributed by atoms with Crippen LogP contribution in [0, 0.1) is 17.3 Å². The van der Waals surface area contributed by atoms with Crippen molar-refractivity contribution >= 4 is 11.3 Å². The summed E-state index contributed by atoms with van der Waals surface area (Å²) in [7, 11) is 1.69. The van der Waals surface area contributed by atoms with Gasteiger partial charge in [0, 0.05) is 10.3 Å². The van der Waals surface area contributed by atoms with Crippen molar-refractivity contribution in [3.8, 4) is 11.8 Å². The van der Waals surface area contributed by atoms with Crippen LogP contribution in [0.4, 0.5) is 0 Å². The molecule has 1 N–H and O–H groups in total. The second-order valence-corrected chi connectivity index (χ2v) is 7.20. The smallest absolute Gasteiger partial charge is 0.0775 e. The summed E-state index contributed by atoms with van der Waals surface area (Å²) < 4.78 is 0. The SMILES string of the molecule is CONC1CCCCc2cc(C#CC(C)(C)C)sc21. The Morgan fingerprint density at radius 3 is 2.84 bits per heavy atom. The molecule has 104 valence electrons. The Morgan fingerprint density at radius 2 is 2.16 bits per heavy atom. The van der Waals surface area contributed by atoms with Gasteiger partial charge in [-0.05, 0) is 51.7 Å². The molecule has 0 amide bonds. The molecule has 1 unspecified atom stereocenters. The first kappa shape index (κ1) is 14.6. The van der Waals surface area contributed by atoms with Crippen molar-refractivity contribution in [1.29, 1.82) is 0 Å². The molecule has 3 heteroatoms. The summed E-state index contributed by atoms with van der Waals surface area (Å²) in [6.45, 7) is 6.44. The minimum atomic E-state index is 0.0611. The number of nitrogens with one attached hydrogen (secondary N) is 1. The largest absolute Gasteiger partial charge is 0.304 e. The molecule has 1 aliphatic carbocycles. The molecule has 0 aromatic carbocycles. The van der Waals surface area contributed by atoms with Gasteiger partial charge < -0.3 is 4.84 Å². The first-order chi connectivity index (χ1) is 8.99. The van der Waals surface area contributed by atoms with E-state index in [0.717, 1.165) is 6.42 Å². The Labute approximate surface area is 120 Å². The highest BCUT2D eigenvalue weighted by Gasteiger charge is 2.21. The van der Waals surface area contributed by atoms with E-state index in [9.17, 15) is 0 Å². The third-order valence-corrected chi connectivity index (χ3v) is 4.37. The Hall–Kier alpha value is -0.820. The van der Waals surface area contributed by atoms with Crippen LogP contribution in [0.15, 0.2) is 6.07 Å². The lowest BCUT2D eigenvalue weighted by molar-refractivity contribution is 0.0586. The van der Waals surface area contributed by atoms with Crippen molar-refractivity contribution in [3.63, 3.8) is 0 Å². The quantitative estimate of drug-likeness (QED) is 0.500. The maximum Gasteiger partial charge on any atom is 0.0775 e. The molecule has 2 rings (SSSR count). The van der Waals surface area contributed by atoms with Gasteiger partial charge in [0.25, 0.3) is 0 Å². The molecule has 0 spiro atoms. The second kappa shape index (κ2) is 6.09. The van der Waals surface area contributed by atoms with Gasteiger partial charge in [0.2, 0.25) is 0 Å². The summed E-state index contributed by atoms with van der Waals surface area (Å²) in [6.07, 6.45) is 4.83. The number of aryl methyl sites for hydroxylation is 1. The standard InChI is InChI=1S/C16H23NOS/c1-16(2,3)10-9-13-11-12-7-5-6-8-14(17-18-4)15(12)19-13/h11,14,17H,5-8H2,1-4H3. The van der Waals surface area contributed by atoms with Crippen LogP contribution in [0.5, 0.6) is 0 Å². The zero-order chi connectivity index (χ0) is 13.9. The van der Waals surface area contributed by atoms with Gasteiger partial charge in [-0.1, -0.05) is 18.3 Å². The van der Waals surface area contributed by atoms with Crippen molar-refractivity contribution < 1.29 is 4.84 Å². The minimum absolute atomic E-state index is 0.0611. The molecule has 1 heterocycles. The lowest BCUT2D eigenvalue weighted by Gasteiger charge is -2.14. The van der Waals surface area contributed by atoms with E-state index in [1.54, 1.807) is 7.11 Å². The maximum absolute atomic E-state index is 5.14. The normalized spacial score (nSPS) is 19.3. The minimum Gasteiger partial charge on any atom is -0.304 e. The molecule has 0 aliphatic heterocycles. The van der Waals surface area contributed by atoms with Gasteiger partial charge >= 0.3 is 0 Å². The summed E-state index contributed by atoms with van der Waals surface area (Å²) in [5, 5.41) is 0. The summed E-state index contributed by atoms with van der Waals surface area (Å²) >= 11 is 1.82. The first-order valence-electron chi connectivity index (χ1n) is 6.94. The Bertz CT molecular complexity index is 487. The van der Waals surface area contributed by atoms with E-state index in [-0.39, 0.29) is 5.41 Å². The molecule has 19 heavy (non-hydrogen) atoms. The van der Waals surface area contributed by atoms with Crippen LogP contribution in [0.3, 0.4) is 0 Å².